The molecule has 0 radical (unpaired) electrons. The molecule has 0 spiro atoms. The van der Waals surface area contributed by atoms with E-state index in [1.54, 1.807) is 0 Å². The van der Waals surface area contributed by atoms with E-state index in [9.17, 15) is 4.79 Å². The summed E-state index contributed by atoms with van der Waals surface area (Å²) in [4.78, 5) is 11.7. The van der Waals surface area contributed by atoms with Gasteiger partial charge >= 0.3 is 0 Å². The minimum absolute atomic E-state index is 0.0199. The van der Waals surface area contributed by atoms with Crippen molar-refractivity contribution in [1.29, 1.82) is 0 Å². The van der Waals surface area contributed by atoms with E-state index in [4.69, 9.17) is 10.8 Å². The summed E-state index contributed by atoms with van der Waals surface area (Å²) >= 11 is 0. The number of hydrogen-bond acceptors (Lipinski definition) is 3. The molecule has 0 aromatic heterocycles. The summed E-state index contributed by atoms with van der Waals surface area (Å²) in [6.07, 6.45) is 1.82. The number of nitrogens with two attached hydrogens (primary N) is 1. The fraction of sp³-hybridized carbons (Fsp3) is 0.900. The van der Waals surface area contributed by atoms with Gasteiger partial charge < -0.3 is 16.2 Å². The molecule has 0 aromatic carbocycles. The molecular weight excluding hydrogens is 180 g/mol. The van der Waals surface area contributed by atoms with Crippen molar-refractivity contribution in [3.8, 4) is 0 Å². The Labute approximate surface area is 85.9 Å². The maximum absolute atomic E-state index is 11.7. The summed E-state index contributed by atoms with van der Waals surface area (Å²) in [6, 6.07) is -0.0199. The van der Waals surface area contributed by atoms with Crippen LogP contribution in [0.2, 0.25) is 0 Å². The van der Waals surface area contributed by atoms with Gasteiger partial charge in [0, 0.05) is 12.6 Å². The van der Waals surface area contributed by atoms with Crippen LogP contribution in [0.5, 0.6) is 0 Å². The summed E-state index contributed by atoms with van der Waals surface area (Å²) in [5.41, 5.74) is 5.15. The zero-order chi connectivity index (χ0) is 11.2. The Morgan fingerprint density at radius 2 is 2.00 bits per heavy atom. The van der Waals surface area contributed by atoms with Crippen LogP contribution in [0.4, 0.5) is 0 Å². The molecule has 0 saturated carbocycles. The molecule has 4 nitrogen and oxygen atoms in total. The smallest absolute Gasteiger partial charge is 0.240 e. The molecule has 0 aliphatic heterocycles. The van der Waals surface area contributed by atoms with Crippen LogP contribution in [-0.2, 0) is 4.79 Å². The SMILES string of the molecule is CCC(N)(CC)C(=O)NC(C)CCO. The first-order valence-corrected chi connectivity index (χ1v) is 5.20. The van der Waals surface area contributed by atoms with Crippen LogP contribution in [0.15, 0.2) is 0 Å². The van der Waals surface area contributed by atoms with E-state index in [0.717, 1.165) is 0 Å². The van der Waals surface area contributed by atoms with Crippen molar-refractivity contribution in [2.45, 2.75) is 51.6 Å². The van der Waals surface area contributed by atoms with Gasteiger partial charge in [0.2, 0.25) is 5.91 Å². The van der Waals surface area contributed by atoms with Crippen LogP contribution in [0.1, 0.15) is 40.0 Å². The molecule has 0 aliphatic carbocycles. The van der Waals surface area contributed by atoms with Gasteiger partial charge in [-0.1, -0.05) is 13.8 Å². The van der Waals surface area contributed by atoms with Gasteiger partial charge in [-0.15, -0.1) is 0 Å². The molecule has 0 aliphatic rings. The minimum atomic E-state index is -0.760. The second-order valence-electron chi connectivity index (χ2n) is 3.75. The molecule has 84 valence electrons. The van der Waals surface area contributed by atoms with E-state index in [-0.39, 0.29) is 18.6 Å². The predicted molar refractivity (Wildman–Crippen MR) is 56.8 cm³/mol. The van der Waals surface area contributed by atoms with E-state index < -0.39 is 5.54 Å². The molecule has 14 heavy (non-hydrogen) atoms. The first kappa shape index (κ1) is 13.4. The first-order valence-electron chi connectivity index (χ1n) is 5.20. The largest absolute Gasteiger partial charge is 0.396 e. The lowest BCUT2D eigenvalue weighted by molar-refractivity contribution is -0.127. The predicted octanol–water partition coefficient (Wildman–Crippen LogP) is 0.391. The second-order valence-corrected chi connectivity index (χ2v) is 3.75. The second kappa shape index (κ2) is 5.98. The van der Waals surface area contributed by atoms with E-state index in [1.807, 2.05) is 20.8 Å². The van der Waals surface area contributed by atoms with Gasteiger partial charge in [0.25, 0.3) is 0 Å². The van der Waals surface area contributed by atoms with Gasteiger partial charge in [-0.3, -0.25) is 4.79 Å². The minimum Gasteiger partial charge on any atom is -0.396 e. The number of rotatable bonds is 6. The van der Waals surface area contributed by atoms with Gasteiger partial charge in [0.05, 0.1) is 5.54 Å². The number of nitrogens with one attached hydrogen (secondary N) is 1. The highest BCUT2D eigenvalue weighted by Gasteiger charge is 2.30. The van der Waals surface area contributed by atoms with Crippen molar-refractivity contribution in [1.82, 2.24) is 5.32 Å². The quantitative estimate of drug-likeness (QED) is 0.583. The van der Waals surface area contributed by atoms with Gasteiger partial charge in [-0.25, -0.2) is 0 Å². The molecule has 1 amide bonds. The highest BCUT2D eigenvalue weighted by Crippen LogP contribution is 2.11. The normalized spacial score (nSPS) is 13.8. The summed E-state index contributed by atoms with van der Waals surface area (Å²) in [6.45, 7) is 5.75. The van der Waals surface area contributed by atoms with Crippen molar-refractivity contribution in [2.75, 3.05) is 6.61 Å². The van der Waals surface area contributed by atoms with Crippen LogP contribution in [0, 0.1) is 0 Å². The lowest BCUT2D eigenvalue weighted by atomic mass is 9.93. The van der Waals surface area contributed by atoms with Gasteiger partial charge in [0.15, 0.2) is 0 Å². The molecular formula is C10H22N2O2. The molecule has 0 aromatic rings. The summed E-state index contributed by atoms with van der Waals surface area (Å²) < 4.78 is 0. The molecule has 0 bridgehead atoms. The van der Waals surface area contributed by atoms with Crippen LogP contribution >= 0.6 is 0 Å². The summed E-state index contributed by atoms with van der Waals surface area (Å²) in [5.74, 6) is -0.122. The maximum Gasteiger partial charge on any atom is 0.240 e. The Balaban J connectivity index is 4.18. The van der Waals surface area contributed by atoms with Gasteiger partial charge in [0.1, 0.15) is 0 Å². The van der Waals surface area contributed by atoms with Crippen molar-refractivity contribution in [2.24, 2.45) is 5.73 Å². The topological polar surface area (TPSA) is 75.4 Å². The van der Waals surface area contributed by atoms with E-state index in [1.165, 1.54) is 0 Å². The number of aliphatic hydroxyl groups excluding tert-OH is 1. The van der Waals surface area contributed by atoms with Gasteiger partial charge in [-0.2, -0.15) is 0 Å². The standard InChI is InChI=1S/C10H22N2O2/c1-4-10(11,5-2)9(14)12-8(3)6-7-13/h8,13H,4-7,11H2,1-3H3,(H,12,14). The van der Waals surface area contributed by atoms with Crippen molar-refractivity contribution in [3.05, 3.63) is 0 Å². The number of amides is 1. The third kappa shape index (κ3) is 3.64. The lowest BCUT2D eigenvalue weighted by Crippen LogP contribution is -2.55. The number of carbonyl (C=O) groups is 1. The third-order valence-corrected chi connectivity index (χ3v) is 2.65. The fourth-order valence-corrected chi connectivity index (χ4v) is 1.20. The highest BCUT2D eigenvalue weighted by molar-refractivity contribution is 5.86. The zero-order valence-electron chi connectivity index (χ0n) is 9.34. The van der Waals surface area contributed by atoms with E-state index in [0.29, 0.717) is 19.3 Å². The molecule has 0 rings (SSSR count). The maximum atomic E-state index is 11.7. The molecule has 0 saturated heterocycles. The summed E-state index contributed by atoms with van der Waals surface area (Å²) in [7, 11) is 0. The monoisotopic (exact) mass is 202 g/mol. The fourth-order valence-electron chi connectivity index (χ4n) is 1.20. The zero-order valence-corrected chi connectivity index (χ0v) is 9.34. The van der Waals surface area contributed by atoms with E-state index >= 15 is 0 Å². The van der Waals surface area contributed by atoms with Crippen molar-refractivity contribution < 1.29 is 9.90 Å². The first-order chi connectivity index (χ1) is 6.50. The van der Waals surface area contributed by atoms with E-state index in [2.05, 4.69) is 5.32 Å². The summed E-state index contributed by atoms with van der Waals surface area (Å²) in [5, 5.41) is 11.5. The molecule has 0 fully saturated rings. The molecule has 1 atom stereocenters. The molecule has 4 N–H and O–H groups in total. The third-order valence-electron chi connectivity index (χ3n) is 2.65. The van der Waals surface area contributed by atoms with Crippen LogP contribution in [-0.4, -0.2) is 29.2 Å². The molecule has 1 unspecified atom stereocenters. The van der Waals surface area contributed by atoms with Crippen LogP contribution in [0.3, 0.4) is 0 Å². The average molecular weight is 202 g/mol. The Morgan fingerprint density at radius 1 is 1.50 bits per heavy atom. The highest BCUT2D eigenvalue weighted by atomic mass is 16.3. The number of hydrogen-bond donors (Lipinski definition) is 3. The number of carbonyl (C=O) groups excluding carboxylic acids is 1. The van der Waals surface area contributed by atoms with Gasteiger partial charge in [-0.05, 0) is 26.2 Å². The van der Waals surface area contributed by atoms with Crippen molar-refractivity contribution >= 4 is 5.91 Å². The Kier molecular flexibility index (Phi) is 5.72. The lowest BCUT2D eigenvalue weighted by Gasteiger charge is -2.27. The van der Waals surface area contributed by atoms with Crippen LogP contribution < -0.4 is 11.1 Å². The Morgan fingerprint density at radius 3 is 2.36 bits per heavy atom. The Hall–Kier alpha value is -0.610. The van der Waals surface area contributed by atoms with Crippen LogP contribution in [0.25, 0.3) is 0 Å². The van der Waals surface area contributed by atoms with Crippen molar-refractivity contribution in [3.63, 3.8) is 0 Å². The average Bonchev–Trinajstić information content (AvgIpc) is 2.16. The Bertz CT molecular complexity index is 179. The molecule has 4 heteroatoms. The number of aliphatic hydroxyl groups is 1. The molecule has 0 heterocycles.